The molecule has 7 heteroatoms. The third-order valence-corrected chi connectivity index (χ3v) is 7.14. The maximum atomic E-state index is 13.0. The Hall–Kier alpha value is -2.25. The molecule has 27 heavy (non-hydrogen) atoms. The maximum absolute atomic E-state index is 13.0. The fourth-order valence-electron chi connectivity index (χ4n) is 6.10. The molecule has 2 aliphatic carbocycles. The van der Waals surface area contributed by atoms with Crippen molar-refractivity contribution in [1.82, 2.24) is 4.90 Å². The molecule has 1 spiro atoms. The number of carbonyl (C=O) groups excluding carboxylic acids is 1. The molecule has 0 saturated carbocycles. The summed E-state index contributed by atoms with van der Waals surface area (Å²) in [7, 11) is 6.46. The fourth-order valence-corrected chi connectivity index (χ4v) is 6.10. The van der Waals surface area contributed by atoms with E-state index < -0.39 is 16.7 Å². The molecule has 1 N–H and O–H groups in total. The van der Waals surface area contributed by atoms with Crippen LogP contribution in [0.2, 0.25) is 0 Å². The van der Waals surface area contributed by atoms with Crippen molar-refractivity contribution in [1.29, 1.82) is 0 Å². The van der Waals surface area contributed by atoms with Crippen molar-refractivity contribution in [3.05, 3.63) is 35.1 Å². The van der Waals surface area contributed by atoms with E-state index in [-0.39, 0.29) is 18.4 Å². The molecule has 144 valence electrons. The number of benzene rings is 1. The molecule has 1 aromatic carbocycles. The molecular weight excluding hydrogens is 350 g/mol. The van der Waals surface area contributed by atoms with Crippen LogP contribution >= 0.6 is 0 Å². The summed E-state index contributed by atoms with van der Waals surface area (Å²) in [5.74, 6) is -0.159. The lowest BCUT2D eigenvalue weighted by Crippen LogP contribution is -2.69. The van der Waals surface area contributed by atoms with Crippen molar-refractivity contribution in [3.63, 3.8) is 0 Å². The van der Waals surface area contributed by atoms with Crippen LogP contribution in [0.4, 0.5) is 0 Å². The van der Waals surface area contributed by atoms with E-state index in [2.05, 4.69) is 0 Å². The first kappa shape index (κ1) is 16.9. The molecule has 2 aliphatic heterocycles. The first-order valence-electron chi connectivity index (χ1n) is 9.07. The highest BCUT2D eigenvalue weighted by Gasteiger charge is 2.81. The summed E-state index contributed by atoms with van der Waals surface area (Å²) in [6.07, 6.45) is 2.80. The molecule has 0 unspecified atom stereocenters. The standard InChI is InChI=1S/C20H23NO6/c1-21-15(22)10-18-8-7-14(25-3)20(23)19(18,21)9-13(27-20)11-5-6-12(24-2)17(26-4)16(11)18/h5-7,13,23H,8-10H2,1-4H3/t13-,18+,19-,20-/m0/s1. The van der Waals surface area contributed by atoms with Crippen LogP contribution in [0.3, 0.4) is 0 Å². The molecule has 1 aromatic rings. The van der Waals surface area contributed by atoms with Gasteiger partial charge in [-0.1, -0.05) is 6.07 Å². The molecule has 2 bridgehead atoms. The SMILES string of the molecule is COC1=CC[C@]23CC(=O)N(C)[C@@]24C[C@H](O[C@@]14O)c1ccc(OC)c(OC)c13. The average molecular weight is 373 g/mol. The quantitative estimate of drug-likeness (QED) is 0.868. The van der Waals surface area contributed by atoms with Gasteiger partial charge in [-0.3, -0.25) is 4.79 Å². The van der Waals surface area contributed by atoms with E-state index >= 15 is 0 Å². The van der Waals surface area contributed by atoms with E-state index in [9.17, 15) is 9.90 Å². The molecule has 4 aliphatic rings. The minimum Gasteiger partial charge on any atom is -0.496 e. The Morgan fingerprint density at radius 2 is 2.00 bits per heavy atom. The lowest BCUT2D eigenvalue weighted by atomic mass is 9.53. The minimum atomic E-state index is -1.71. The van der Waals surface area contributed by atoms with Crippen LogP contribution in [0, 0.1) is 0 Å². The largest absolute Gasteiger partial charge is 0.496 e. The second-order valence-electron chi connectivity index (χ2n) is 7.77. The van der Waals surface area contributed by atoms with E-state index in [4.69, 9.17) is 18.9 Å². The highest BCUT2D eigenvalue weighted by Crippen LogP contribution is 2.72. The zero-order valence-corrected chi connectivity index (χ0v) is 15.9. The molecule has 0 radical (unpaired) electrons. The number of likely N-dealkylation sites (tertiary alicyclic amines) is 1. The highest BCUT2D eigenvalue weighted by atomic mass is 16.7. The highest BCUT2D eigenvalue weighted by molar-refractivity contribution is 5.86. The summed E-state index contributed by atoms with van der Waals surface area (Å²) in [6, 6.07) is 3.81. The van der Waals surface area contributed by atoms with Crippen LogP contribution in [0.15, 0.2) is 24.0 Å². The summed E-state index contributed by atoms with van der Waals surface area (Å²) in [5.41, 5.74) is 0.209. The third-order valence-electron chi connectivity index (χ3n) is 7.14. The number of hydrogen-bond acceptors (Lipinski definition) is 6. The maximum Gasteiger partial charge on any atom is 0.250 e. The Morgan fingerprint density at radius 3 is 2.67 bits per heavy atom. The Kier molecular flexibility index (Phi) is 3.11. The number of amides is 1. The van der Waals surface area contributed by atoms with Crippen molar-refractivity contribution in [2.24, 2.45) is 0 Å². The van der Waals surface area contributed by atoms with Gasteiger partial charge < -0.3 is 29.0 Å². The first-order chi connectivity index (χ1) is 12.9. The van der Waals surface area contributed by atoms with E-state index in [1.165, 1.54) is 7.11 Å². The number of hydrogen-bond donors (Lipinski definition) is 1. The number of allylic oxidation sites excluding steroid dienone is 1. The van der Waals surface area contributed by atoms with Crippen LogP contribution in [-0.2, 0) is 19.7 Å². The van der Waals surface area contributed by atoms with Gasteiger partial charge in [0.25, 0.3) is 5.79 Å². The Morgan fingerprint density at radius 1 is 1.22 bits per heavy atom. The van der Waals surface area contributed by atoms with Gasteiger partial charge in [0, 0.05) is 30.9 Å². The van der Waals surface area contributed by atoms with Gasteiger partial charge in [-0.15, -0.1) is 0 Å². The zero-order chi connectivity index (χ0) is 19.2. The van der Waals surface area contributed by atoms with Crippen LogP contribution < -0.4 is 9.47 Å². The molecule has 2 heterocycles. The van der Waals surface area contributed by atoms with Crippen molar-refractivity contribution in [2.75, 3.05) is 28.4 Å². The monoisotopic (exact) mass is 373 g/mol. The fraction of sp³-hybridized carbons (Fsp3) is 0.550. The van der Waals surface area contributed by atoms with Crippen LogP contribution in [0.5, 0.6) is 11.5 Å². The third kappa shape index (κ3) is 1.53. The summed E-state index contributed by atoms with van der Waals surface area (Å²) in [4.78, 5) is 14.7. The number of methoxy groups -OCH3 is 3. The van der Waals surface area contributed by atoms with Gasteiger partial charge in [0.05, 0.1) is 27.4 Å². The number of rotatable bonds is 3. The molecule has 1 amide bonds. The van der Waals surface area contributed by atoms with Crippen LogP contribution in [-0.4, -0.2) is 55.6 Å². The van der Waals surface area contributed by atoms with E-state index in [0.29, 0.717) is 30.1 Å². The topological polar surface area (TPSA) is 77.5 Å². The van der Waals surface area contributed by atoms with Crippen molar-refractivity contribution < 1.29 is 28.8 Å². The van der Waals surface area contributed by atoms with Crippen molar-refractivity contribution >= 4 is 5.91 Å². The van der Waals surface area contributed by atoms with Crippen LogP contribution in [0.1, 0.15) is 36.5 Å². The number of ether oxygens (including phenoxy) is 4. The average Bonchev–Trinajstić information content (AvgIpc) is 3.11. The lowest BCUT2D eigenvalue weighted by Gasteiger charge is -2.55. The Balaban J connectivity index is 1.91. The number of carbonyl (C=O) groups is 1. The van der Waals surface area contributed by atoms with Gasteiger partial charge in [-0.25, -0.2) is 0 Å². The smallest absolute Gasteiger partial charge is 0.250 e. The zero-order valence-electron chi connectivity index (χ0n) is 15.9. The molecule has 2 fully saturated rings. The first-order valence-corrected chi connectivity index (χ1v) is 9.07. The van der Waals surface area contributed by atoms with E-state index in [0.717, 1.165) is 11.1 Å². The number of nitrogens with zero attached hydrogens (tertiary/aromatic N) is 1. The second kappa shape index (κ2) is 4.97. The lowest BCUT2D eigenvalue weighted by molar-refractivity contribution is -0.242. The predicted molar refractivity (Wildman–Crippen MR) is 94.4 cm³/mol. The van der Waals surface area contributed by atoms with Gasteiger partial charge in [-0.05, 0) is 24.1 Å². The van der Waals surface area contributed by atoms with E-state index in [1.807, 2.05) is 18.2 Å². The van der Waals surface area contributed by atoms with Gasteiger partial charge in [0.15, 0.2) is 17.3 Å². The molecule has 2 saturated heterocycles. The Labute approximate surface area is 157 Å². The predicted octanol–water partition coefficient (Wildman–Crippen LogP) is 1.64. The van der Waals surface area contributed by atoms with Gasteiger partial charge >= 0.3 is 0 Å². The summed E-state index contributed by atoms with van der Waals surface area (Å²) in [5, 5.41) is 11.8. The van der Waals surface area contributed by atoms with Gasteiger partial charge in [0.2, 0.25) is 5.91 Å². The Bertz CT molecular complexity index is 897. The summed E-state index contributed by atoms with van der Waals surface area (Å²) >= 11 is 0. The van der Waals surface area contributed by atoms with Crippen molar-refractivity contribution in [2.45, 2.75) is 42.1 Å². The molecule has 5 rings (SSSR count). The number of aliphatic hydroxyl groups is 1. The van der Waals surface area contributed by atoms with Gasteiger partial charge in [0.1, 0.15) is 5.54 Å². The summed E-state index contributed by atoms with van der Waals surface area (Å²) in [6.45, 7) is 0. The van der Waals surface area contributed by atoms with Gasteiger partial charge in [-0.2, -0.15) is 0 Å². The molecule has 0 aromatic heterocycles. The van der Waals surface area contributed by atoms with E-state index in [1.54, 1.807) is 26.2 Å². The summed E-state index contributed by atoms with van der Waals surface area (Å²) < 4.78 is 23.0. The number of fused-ring (bicyclic) bond motifs is 3. The van der Waals surface area contributed by atoms with Crippen LogP contribution in [0.25, 0.3) is 0 Å². The number of likely N-dealkylation sites (N-methyl/N-ethyl adjacent to an activating group) is 1. The normalized spacial score (nSPS) is 38.3. The molecule has 7 nitrogen and oxygen atoms in total. The molecular formula is C20H23NO6. The minimum absolute atomic E-state index is 0.0267. The van der Waals surface area contributed by atoms with Crippen molar-refractivity contribution in [3.8, 4) is 11.5 Å². The molecule has 4 atom stereocenters. The second-order valence-corrected chi connectivity index (χ2v) is 7.77.